The summed E-state index contributed by atoms with van der Waals surface area (Å²) >= 11 is 0. The van der Waals surface area contributed by atoms with Crippen molar-refractivity contribution in [3.63, 3.8) is 0 Å². The highest BCUT2D eigenvalue weighted by Gasteiger charge is 2.34. The molecule has 0 spiro atoms. The van der Waals surface area contributed by atoms with E-state index in [4.69, 9.17) is 14.2 Å². The molecule has 1 fully saturated rings. The zero-order chi connectivity index (χ0) is 17.2. The molecule has 1 saturated heterocycles. The van der Waals surface area contributed by atoms with Crippen LogP contribution in [-0.4, -0.2) is 52.8 Å². The number of amides is 1. The van der Waals surface area contributed by atoms with Gasteiger partial charge in [-0.15, -0.1) is 0 Å². The second kappa shape index (κ2) is 6.46. The van der Waals surface area contributed by atoms with Gasteiger partial charge in [-0.2, -0.15) is 0 Å². The van der Waals surface area contributed by atoms with E-state index in [1.54, 1.807) is 42.3 Å². The van der Waals surface area contributed by atoms with E-state index in [1.165, 1.54) is 6.33 Å². The number of carbonyl (C=O) groups is 1. The molecule has 4 rings (SSSR count). The minimum Gasteiger partial charge on any atom is -0.481 e. The van der Waals surface area contributed by atoms with E-state index in [9.17, 15) is 4.79 Å². The number of nitrogens with zero attached hydrogens (tertiary/aromatic N) is 3. The predicted molar refractivity (Wildman–Crippen MR) is 88.7 cm³/mol. The number of rotatable bonds is 5. The zero-order valence-electron chi connectivity index (χ0n) is 13.7. The van der Waals surface area contributed by atoms with Gasteiger partial charge in [0.05, 0.1) is 6.04 Å². The number of hydrogen-bond acceptors (Lipinski definition) is 7. The molecule has 1 unspecified atom stereocenters. The molecule has 8 heteroatoms. The van der Waals surface area contributed by atoms with Crippen molar-refractivity contribution in [3.05, 3.63) is 36.8 Å². The second-order valence-electron chi connectivity index (χ2n) is 5.95. The summed E-state index contributed by atoms with van der Waals surface area (Å²) in [6, 6.07) is 7.28. The monoisotopic (exact) mass is 342 g/mol. The van der Waals surface area contributed by atoms with Crippen molar-refractivity contribution in [2.75, 3.05) is 25.2 Å². The van der Waals surface area contributed by atoms with Gasteiger partial charge < -0.3 is 24.4 Å². The molecular formula is C17H18N4O4. The second-order valence-corrected chi connectivity index (χ2v) is 5.95. The highest BCUT2D eigenvalue weighted by Crippen LogP contribution is 2.35. The van der Waals surface area contributed by atoms with Crippen molar-refractivity contribution in [2.24, 2.45) is 0 Å². The first-order valence-electron chi connectivity index (χ1n) is 8.07. The number of carbonyl (C=O) groups excluding carboxylic acids is 1. The largest absolute Gasteiger partial charge is 0.481 e. The lowest BCUT2D eigenvalue weighted by molar-refractivity contribution is -0.142. The number of benzene rings is 1. The molecule has 130 valence electrons. The summed E-state index contributed by atoms with van der Waals surface area (Å²) in [7, 11) is 0. The molecule has 8 nitrogen and oxygen atoms in total. The molecule has 1 N–H and O–H groups in total. The van der Waals surface area contributed by atoms with E-state index in [-0.39, 0.29) is 18.7 Å². The topological polar surface area (TPSA) is 85.8 Å². The molecule has 1 aromatic heterocycles. The van der Waals surface area contributed by atoms with Crippen LogP contribution in [0.25, 0.3) is 0 Å². The lowest BCUT2D eigenvalue weighted by atomic mass is 10.1. The van der Waals surface area contributed by atoms with Crippen molar-refractivity contribution in [1.82, 2.24) is 14.9 Å². The average Bonchev–Trinajstić information content (AvgIpc) is 3.06. The molecule has 3 heterocycles. The van der Waals surface area contributed by atoms with E-state index in [2.05, 4.69) is 15.3 Å². The Hall–Kier alpha value is -3.03. The third kappa shape index (κ3) is 3.28. The van der Waals surface area contributed by atoms with E-state index in [0.29, 0.717) is 30.3 Å². The fourth-order valence-corrected chi connectivity index (χ4v) is 2.80. The highest BCUT2D eigenvalue weighted by atomic mass is 16.7. The third-order valence-corrected chi connectivity index (χ3v) is 4.13. The molecule has 1 amide bonds. The summed E-state index contributed by atoms with van der Waals surface area (Å²) in [6.45, 7) is 3.20. The molecule has 2 aliphatic rings. The van der Waals surface area contributed by atoms with Crippen LogP contribution in [0.3, 0.4) is 0 Å². The van der Waals surface area contributed by atoms with Crippen LogP contribution in [0, 0.1) is 0 Å². The Morgan fingerprint density at radius 3 is 2.96 bits per heavy atom. The van der Waals surface area contributed by atoms with Gasteiger partial charge in [-0.25, -0.2) is 9.97 Å². The number of aromatic nitrogens is 2. The Kier molecular flexibility index (Phi) is 4.01. The summed E-state index contributed by atoms with van der Waals surface area (Å²) in [4.78, 5) is 22.2. The molecule has 1 aromatic carbocycles. The molecule has 0 bridgehead atoms. The molecule has 0 aliphatic carbocycles. The van der Waals surface area contributed by atoms with Gasteiger partial charge in [-0.1, -0.05) is 0 Å². The average molecular weight is 342 g/mol. The first-order valence-corrected chi connectivity index (χ1v) is 8.07. The van der Waals surface area contributed by atoms with Crippen LogP contribution in [0.4, 0.5) is 5.82 Å². The fourth-order valence-electron chi connectivity index (χ4n) is 2.80. The number of anilines is 1. The molecule has 2 aliphatic heterocycles. The van der Waals surface area contributed by atoms with Crippen LogP contribution in [0.1, 0.15) is 6.92 Å². The van der Waals surface area contributed by atoms with Crippen molar-refractivity contribution < 1.29 is 19.0 Å². The maximum absolute atomic E-state index is 12.5. The SMILES string of the molecule is CC(Oc1ccc2c(c1)OCO2)C(=O)N1CC(Nc2ccncn2)C1. The first-order chi connectivity index (χ1) is 12.2. The molecule has 1 atom stereocenters. The Bertz CT molecular complexity index is 764. The minimum atomic E-state index is -0.569. The van der Waals surface area contributed by atoms with Gasteiger partial charge in [-0.3, -0.25) is 4.79 Å². The van der Waals surface area contributed by atoms with E-state index in [0.717, 1.165) is 5.82 Å². The lowest BCUT2D eigenvalue weighted by Gasteiger charge is -2.40. The Labute approximate surface area is 144 Å². The zero-order valence-corrected chi connectivity index (χ0v) is 13.7. The fraction of sp³-hybridized carbons (Fsp3) is 0.353. The summed E-state index contributed by atoms with van der Waals surface area (Å²) in [5.74, 6) is 2.62. The number of ether oxygens (including phenoxy) is 3. The Balaban J connectivity index is 1.28. The number of hydrogen-bond donors (Lipinski definition) is 1. The van der Waals surface area contributed by atoms with E-state index in [1.807, 2.05) is 0 Å². The van der Waals surface area contributed by atoms with Gasteiger partial charge in [0.1, 0.15) is 17.9 Å². The molecular weight excluding hydrogens is 324 g/mol. The predicted octanol–water partition coefficient (Wildman–Crippen LogP) is 1.30. The Morgan fingerprint density at radius 1 is 1.32 bits per heavy atom. The van der Waals surface area contributed by atoms with Crippen molar-refractivity contribution in [2.45, 2.75) is 19.1 Å². The molecule has 2 aromatic rings. The summed E-state index contributed by atoms with van der Waals surface area (Å²) in [5.41, 5.74) is 0. The lowest BCUT2D eigenvalue weighted by Crippen LogP contribution is -2.59. The highest BCUT2D eigenvalue weighted by molar-refractivity contribution is 5.82. The van der Waals surface area contributed by atoms with Gasteiger partial charge in [0, 0.05) is 25.4 Å². The van der Waals surface area contributed by atoms with Crippen molar-refractivity contribution in [3.8, 4) is 17.2 Å². The van der Waals surface area contributed by atoms with Crippen LogP contribution >= 0.6 is 0 Å². The van der Waals surface area contributed by atoms with Crippen LogP contribution in [0.5, 0.6) is 17.2 Å². The van der Waals surface area contributed by atoms with E-state index >= 15 is 0 Å². The quantitative estimate of drug-likeness (QED) is 0.876. The van der Waals surface area contributed by atoms with E-state index < -0.39 is 6.10 Å². The summed E-state index contributed by atoms with van der Waals surface area (Å²) in [5, 5.41) is 3.26. The summed E-state index contributed by atoms with van der Waals surface area (Å²) in [6.07, 6.45) is 2.60. The molecule has 0 radical (unpaired) electrons. The molecule has 25 heavy (non-hydrogen) atoms. The standard InChI is InChI=1S/C17H18N4O4/c1-11(25-13-2-3-14-15(6-13)24-10-23-14)17(22)21-7-12(8-21)20-16-4-5-18-9-19-16/h2-6,9,11-12H,7-8,10H2,1H3,(H,18,19,20). The van der Waals surface area contributed by atoms with Gasteiger partial charge >= 0.3 is 0 Å². The van der Waals surface area contributed by atoms with Crippen molar-refractivity contribution >= 4 is 11.7 Å². The number of likely N-dealkylation sites (tertiary alicyclic amines) is 1. The smallest absolute Gasteiger partial charge is 0.263 e. The normalized spacial score (nSPS) is 16.9. The van der Waals surface area contributed by atoms with Gasteiger partial charge in [0.25, 0.3) is 5.91 Å². The Morgan fingerprint density at radius 2 is 2.16 bits per heavy atom. The van der Waals surface area contributed by atoms with Crippen LogP contribution in [0.2, 0.25) is 0 Å². The first kappa shape index (κ1) is 15.5. The molecule has 0 saturated carbocycles. The maximum atomic E-state index is 12.5. The van der Waals surface area contributed by atoms with Crippen LogP contribution in [0.15, 0.2) is 36.8 Å². The summed E-state index contributed by atoms with van der Waals surface area (Å²) < 4.78 is 16.3. The van der Waals surface area contributed by atoms with Crippen LogP contribution < -0.4 is 19.5 Å². The van der Waals surface area contributed by atoms with Crippen LogP contribution in [-0.2, 0) is 4.79 Å². The van der Waals surface area contributed by atoms with Gasteiger partial charge in [0.2, 0.25) is 6.79 Å². The minimum absolute atomic E-state index is 0.0431. The maximum Gasteiger partial charge on any atom is 0.263 e. The van der Waals surface area contributed by atoms with Gasteiger partial charge in [-0.05, 0) is 25.1 Å². The van der Waals surface area contributed by atoms with Crippen molar-refractivity contribution in [1.29, 1.82) is 0 Å². The number of fused-ring (bicyclic) bond motifs is 1. The van der Waals surface area contributed by atoms with Gasteiger partial charge in [0.15, 0.2) is 17.6 Å². The number of nitrogens with one attached hydrogen (secondary N) is 1. The third-order valence-electron chi connectivity index (χ3n) is 4.13.